The van der Waals surface area contributed by atoms with Gasteiger partial charge in [-0.25, -0.2) is 4.79 Å². The van der Waals surface area contributed by atoms with Crippen LogP contribution in [-0.4, -0.2) is 30.1 Å². The zero-order valence-corrected chi connectivity index (χ0v) is 16.9. The predicted octanol–water partition coefficient (Wildman–Crippen LogP) is 3.72. The van der Waals surface area contributed by atoms with Gasteiger partial charge in [0.15, 0.2) is 5.60 Å². The molecule has 0 saturated carbocycles. The molecule has 1 aliphatic rings. The Labute approximate surface area is 158 Å². The van der Waals surface area contributed by atoms with Gasteiger partial charge in [0.05, 0.1) is 12.2 Å². The molecule has 0 bridgehead atoms. The van der Waals surface area contributed by atoms with Crippen LogP contribution in [0.15, 0.2) is 0 Å². The molecule has 1 aromatic heterocycles. The Morgan fingerprint density at radius 3 is 2.54 bits per heavy atom. The summed E-state index contributed by atoms with van der Waals surface area (Å²) >= 11 is 1.43. The summed E-state index contributed by atoms with van der Waals surface area (Å²) in [6.45, 7) is 8.50. The van der Waals surface area contributed by atoms with Crippen molar-refractivity contribution in [2.45, 2.75) is 65.9 Å². The highest BCUT2D eigenvalue weighted by molar-refractivity contribution is 7.17. The van der Waals surface area contributed by atoms with Crippen molar-refractivity contribution in [1.82, 2.24) is 0 Å². The highest BCUT2D eigenvalue weighted by Gasteiger charge is 2.35. The van der Waals surface area contributed by atoms with Gasteiger partial charge >= 0.3 is 11.9 Å². The molecular weight excluding hydrogens is 354 g/mol. The molecule has 1 atom stereocenters. The molecule has 6 nitrogen and oxygen atoms in total. The van der Waals surface area contributed by atoms with Crippen molar-refractivity contribution in [3.63, 3.8) is 0 Å². The Bertz CT molecular complexity index is 707. The van der Waals surface area contributed by atoms with E-state index in [0.29, 0.717) is 16.5 Å². The number of carbonyl (C=O) groups excluding carboxylic acids is 3. The van der Waals surface area contributed by atoms with Crippen LogP contribution in [0.25, 0.3) is 0 Å². The van der Waals surface area contributed by atoms with E-state index in [1.165, 1.54) is 32.1 Å². The number of thiophene rings is 1. The van der Waals surface area contributed by atoms with Crippen LogP contribution in [-0.2, 0) is 31.9 Å². The lowest BCUT2D eigenvalue weighted by Gasteiger charge is -2.23. The smallest absolute Gasteiger partial charge is 0.341 e. The molecule has 1 heterocycles. The van der Waals surface area contributed by atoms with Crippen molar-refractivity contribution in [2.24, 2.45) is 5.92 Å². The first-order valence-electron chi connectivity index (χ1n) is 9.02. The fourth-order valence-corrected chi connectivity index (χ4v) is 4.51. The summed E-state index contributed by atoms with van der Waals surface area (Å²) in [5.74, 6) is -0.825. The second kappa shape index (κ2) is 8.20. The molecule has 0 unspecified atom stereocenters. The minimum atomic E-state index is -1.33. The monoisotopic (exact) mass is 381 g/mol. The first-order valence-corrected chi connectivity index (χ1v) is 9.83. The molecule has 0 saturated heterocycles. The number of ether oxygens (including phenoxy) is 2. The van der Waals surface area contributed by atoms with Crippen LogP contribution in [0.1, 0.15) is 68.3 Å². The van der Waals surface area contributed by atoms with Gasteiger partial charge < -0.3 is 14.8 Å². The van der Waals surface area contributed by atoms with Crippen LogP contribution < -0.4 is 5.32 Å². The molecule has 1 aromatic rings. The van der Waals surface area contributed by atoms with Gasteiger partial charge in [-0.3, -0.25) is 9.59 Å². The summed E-state index contributed by atoms with van der Waals surface area (Å²) in [4.78, 5) is 37.5. The van der Waals surface area contributed by atoms with E-state index in [9.17, 15) is 14.4 Å². The average Bonchev–Trinajstić information content (AvgIpc) is 2.90. The van der Waals surface area contributed by atoms with E-state index < -0.39 is 23.4 Å². The summed E-state index contributed by atoms with van der Waals surface area (Å²) in [5.41, 5.74) is 0.112. The number of hydrogen-bond acceptors (Lipinski definition) is 6. The first-order chi connectivity index (χ1) is 12.2. The van der Waals surface area contributed by atoms with Crippen LogP contribution in [0.3, 0.4) is 0 Å². The van der Waals surface area contributed by atoms with Gasteiger partial charge in [0.2, 0.25) is 0 Å². The van der Waals surface area contributed by atoms with Gasteiger partial charge in [-0.05, 0) is 51.5 Å². The zero-order valence-electron chi connectivity index (χ0n) is 16.1. The second-order valence-corrected chi connectivity index (χ2v) is 8.11. The average molecular weight is 381 g/mol. The van der Waals surface area contributed by atoms with Gasteiger partial charge in [0.1, 0.15) is 5.00 Å². The summed E-state index contributed by atoms with van der Waals surface area (Å²) in [6, 6.07) is 0. The SMILES string of the molecule is CCOC(=O)c1c(NC(=O)C(C)(C)OC(C)=O)sc2c1CC[C@H](CC)C2. The topological polar surface area (TPSA) is 81.7 Å². The third kappa shape index (κ3) is 4.44. The standard InChI is InChI=1S/C19H27NO5S/c1-6-12-8-9-13-14(10-12)26-16(15(13)17(22)24-7-2)20-18(23)19(4,5)25-11(3)21/h12H,6-10H2,1-5H3,(H,20,23)/t12-/m0/s1. The number of amides is 1. The fraction of sp³-hybridized carbons (Fsp3) is 0.632. The van der Waals surface area contributed by atoms with Gasteiger partial charge in [-0.2, -0.15) is 0 Å². The van der Waals surface area contributed by atoms with Crippen molar-refractivity contribution in [3.05, 3.63) is 16.0 Å². The molecule has 0 radical (unpaired) electrons. The summed E-state index contributed by atoms with van der Waals surface area (Å²) < 4.78 is 10.3. The Morgan fingerprint density at radius 1 is 1.27 bits per heavy atom. The molecule has 26 heavy (non-hydrogen) atoms. The Morgan fingerprint density at radius 2 is 1.96 bits per heavy atom. The Kier molecular flexibility index (Phi) is 6.44. The molecule has 1 amide bonds. The summed E-state index contributed by atoms with van der Waals surface area (Å²) in [7, 11) is 0. The van der Waals surface area contributed by atoms with Crippen molar-refractivity contribution in [2.75, 3.05) is 11.9 Å². The minimum absolute atomic E-state index is 0.271. The maximum atomic E-state index is 12.6. The third-order valence-corrected chi connectivity index (χ3v) is 5.77. The van der Waals surface area contributed by atoms with E-state index in [0.717, 1.165) is 36.1 Å². The number of esters is 2. The quantitative estimate of drug-likeness (QED) is 0.760. The molecule has 1 N–H and O–H groups in total. The fourth-order valence-electron chi connectivity index (χ4n) is 3.17. The van der Waals surface area contributed by atoms with Crippen LogP contribution >= 0.6 is 11.3 Å². The number of rotatable bonds is 6. The van der Waals surface area contributed by atoms with Crippen molar-refractivity contribution >= 4 is 34.2 Å². The van der Waals surface area contributed by atoms with Gasteiger partial charge in [-0.1, -0.05) is 13.3 Å². The van der Waals surface area contributed by atoms with E-state index >= 15 is 0 Å². The lowest BCUT2D eigenvalue weighted by Crippen LogP contribution is -2.41. The molecule has 0 fully saturated rings. The lowest BCUT2D eigenvalue weighted by molar-refractivity contribution is -0.160. The summed E-state index contributed by atoms with van der Waals surface area (Å²) in [6.07, 6.45) is 3.83. The molecule has 144 valence electrons. The van der Waals surface area contributed by atoms with Crippen LogP contribution in [0, 0.1) is 5.92 Å². The number of carbonyl (C=O) groups is 3. The highest BCUT2D eigenvalue weighted by Crippen LogP contribution is 2.41. The lowest BCUT2D eigenvalue weighted by atomic mass is 9.85. The molecule has 0 aliphatic heterocycles. The number of hydrogen-bond donors (Lipinski definition) is 1. The normalized spacial score (nSPS) is 16.6. The molecule has 2 rings (SSSR count). The molecule has 0 aromatic carbocycles. The summed E-state index contributed by atoms with van der Waals surface area (Å²) in [5, 5.41) is 3.27. The van der Waals surface area contributed by atoms with Crippen LogP contribution in [0.2, 0.25) is 0 Å². The highest BCUT2D eigenvalue weighted by atomic mass is 32.1. The third-order valence-electron chi connectivity index (χ3n) is 4.60. The zero-order chi connectivity index (χ0) is 19.5. The molecule has 7 heteroatoms. The van der Waals surface area contributed by atoms with E-state index in [4.69, 9.17) is 9.47 Å². The van der Waals surface area contributed by atoms with Crippen molar-refractivity contribution < 1.29 is 23.9 Å². The maximum Gasteiger partial charge on any atom is 0.341 e. The van der Waals surface area contributed by atoms with Crippen LogP contribution in [0.4, 0.5) is 5.00 Å². The molecular formula is C19H27NO5S. The van der Waals surface area contributed by atoms with Crippen molar-refractivity contribution in [3.8, 4) is 0 Å². The Balaban J connectivity index is 2.35. The molecule has 0 spiro atoms. The Hall–Kier alpha value is -1.89. The largest absolute Gasteiger partial charge is 0.462 e. The number of fused-ring (bicyclic) bond motifs is 1. The van der Waals surface area contributed by atoms with E-state index in [2.05, 4.69) is 12.2 Å². The predicted molar refractivity (Wildman–Crippen MR) is 101 cm³/mol. The van der Waals surface area contributed by atoms with Crippen molar-refractivity contribution in [1.29, 1.82) is 0 Å². The van der Waals surface area contributed by atoms with E-state index in [-0.39, 0.29) is 6.61 Å². The van der Waals surface area contributed by atoms with Gasteiger partial charge in [0.25, 0.3) is 5.91 Å². The first kappa shape index (κ1) is 20.4. The van der Waals surface area contributed by atoms with Gasteiger partial charge in [-0.15, -0.1) is 11.3 Å². The minimum Gasteiger partial charge on any atom is -0.462 e. The van der Waals surface area contributed by atoms with Gasteiger partial charge in [0, 0.05) is 11.8 Å². The van der Waals surface area contributed by atoms with E-state index in [1.807, 2.05) is 0 Å². The second-order valence-electron chi connectivity index (χ2n) is 7.00. The number of anilines is 1. The van der Waals surface area contributed by atoms with E-state index in [1.54, 1.807) is 6.92 Å². The van der Waals surface area contributed by atoms with Crippen LogP contribution in [0.5, 0.6) is 0 Å². The number of nitrogens with one attached hydrogen (secondary N) is 1. The maximum absolute atomic E-state index is 12.6. The molecule has 1 aliphatic carbocycles.